The van der Waals surface area contributed by atoms with E-state index in [4.69, 9.17) is 16.7 Å². The van der Waals surface area contributed by atoms with Gasteiger partial charge in [-0.2, -0.15) is 0 Å². The first-order chi connectivity index (χ1) is 4.91. The molecule has 0 aromatic carbocycles. The number of halogens is 1. The minimum absolute atomic E-state index is 0.325. The van der Waals surface area contributed by atoms with Gasteiger partial charge in [-0.05, 0) is 19.3 Å². The molecular formula is C8H15ClO. The number of aliphatic hydroxyl groups is 1. The van der Waals surface area contributed by atoms with Crippen LogP contribution in [0.1, 0.15) is 32.1 Å². The number of aliphatic hydroxyl groups excluding tert-OH is 1. The van der Waals surface area contributed by atoms with E-state index in [0.717, 1.165) is 19.3 Å². The number of allylic oxidation sites excluding steroid dienone is 1. The lowest BCUT2D eigenvalue weighted by atomic mass is 10.1. The quantitative estimate of drug-likeness (QED) is 0.596. The molecule has 0 unspecified atom stereocenters. The second kappa shape index (κ2) is 8.99. The Labute approximate surface area is 67.7 Å². The van der Waals surface area contributed by atoms with Gasteiger partial charge in [-0.25, -0.2) is 0 Å². The van der Waals surface area contributed by atoms with Crippen molar-refractivity contribution in [1.82, 2.24) is 0 Å². The summed E-state index contributed by atoms with van der Waals surface area (Å²) >= 11 is 5.32. The maximum absolute atomic E-state index is 8.43. The molecule has 0 aromatic rings. The van der Waals surface area contributed by atoms with Crippen LogP contribution in [0.5, 0.6) is 0 Å². The molecule has 0 heterocycles. The fourth-order valence-electron chi connectivity index (χ4n) is 0.791. The Morgan fingerprint density at radius 1 is 1.10 bits per heavy atom. The third kappa shape index (κ3) is 7.99. The Kier molecular flexibility index (Phi) is 8.98. The number of unbranched alkanes of at least 4 members (excludes halogenated alkanes) is 4. The molecule has 0 radical (unpaired) electrons. The summed E-state index contributed by atoms with van der Waals surface area (Å²) in [5.74, 6) is 0. The molecule has 60 valence electrons. The highest BCUT2D eigenvalue weighted by atomic mass is 35.5. The Hall–Kier alpha value is -0.0100. The average molecular weight is 163 g/mol. The van der Waals surface area contributed by atoms with E-state index in [-0.39, 0.29) is 0 Å². The zero-order valence-corrected chi connectivity index (χ0v) is 6.98. The van der Waals surface area contributed by atoms with Gasteiger partial charge in [0.05, 0.1) is 0 Å². The zero-order valence-electron chi connectivity index (χ0n) is 6.22. The summed E-state index contributed by atoms with van der Waals surface area (Å²) in [6.07, 6.45) is 7.47. The van der Waals surface area contributed by atoms with Gasteiger partial charge in [-0.3, -0.25) is 0 Å². The maximum Gasteiger partial charge on any atom is 0.0431 e. The lowest BCUT2D eigenvalue weighted by molar-refractivity contribution is 0.282. The molecule has 0 aliphatic rings. The van der Waals surface area contributed by atoms with Crippen molar-refractivity contribution in [2.75, 3.05) is 6.61 Å². The van der Waals surface area contributed by atoms with Crippen LogP contribution in [0.15, 0.2) is 11.6 Å². The maximum atomic E-state index is 8.43. The van der Waals surface area contributed by atoms with Crippen molar-refractivity contribution >= 4 is 11.6 Å². The van der Waals surface area contributed by atoms with Gasteiger partial charge in [0, 0.05) is 12.1 Å². The van der Waals surface area contributed by atoms with E-state index in [1.807, 2.05) is 6.08 Å². The van der Waals surface area contributed by atoms with Crippen molar-refractivity contribution in [2.24, 2.45) is 0 Å². The van der Waals surface area contributed by atoms with Gasteiger partial charge < -0.3 is 5.11 Å². The van der Waals surface area contributed by atoms with E-state index in [1.54, 1.807) is 5.54 Å². The fraction of sp³-hybridized carbons (Fsp3) is 0.750. The van der Waals surface area contributed by atoms with Crippen LogP contribution in [0, 0.1) is 0 Å². The molecule has 1 N–H and O–H groups in total. The van der Waals surface area contributed by atoms with Crippen LogP contribution >= 0.6 is 11.6 Å². The predicted octanol–water partition coefficient (Wildman–Crippen LogP) is 2.68. The van der Waals surface area contributed by atoms with Crippen LogP contribution < -0.4 is 0 Å². The monoisotopic (exact) mass is 162 g/mol. The summed E-state index contributed by atoms with van der Waals surface area (Å²) in [6.45, 7) is 0.325. The molecule has 0 fully saturated rings. The smallest absolute Gasteiger partial charge is 0.0431 e. The van der Waals surface area contributed by atoms with Gasteiger partial charge in [0.2, 0.25) is 0 Å². The summed E-state index contributed by atoms with van der Waals surface area (Å²) in [6, 6.07) is 0. The number of hydrogen-bond donors (Lipinski definition) is 1. The van der Waals surface area contributed by atoms with E-state index >= 15 is 0 Å². The molecule has 0 atom stereocenters. The first-order valence-corrected chi connectivity index (χ1v) is 4.21. The van der Waals surface area contributed by atoms with Crippen LogP contribution in [0.2, 0.25) is 0 Å². The molecule has 0 aliphatic heterocycles. The third-order valence-corrected chi connectivity index (χ3v) is 1.55. The third-order valence-electron chi connectivity index (χ3n) is 1.37. The van der Waals surface area contributed by atoms with Crippen molar-refractivity contribution < 1.29 is 5.11 Å². The summed E-state index contributed by atoms with van der Waals surface area (Å²) in [7, 11) is 0. The van der Waals surface area contributed by atoms with Crippen molar-refractivity contribution in [2.45, 2.75) is 32.1 Å². The van der Waals surface area contributed by atoms with Crippen LogP contribution in [0.25, 0.3) is 0 Å². The molecule has 0 rings (SSSR count). The Morgan fingerprint density at radius 2 is 1.80 bits per heavy atom. The lowest BCUT2D eigenvalue weighted by Gasteiger charge is -1.94. The minimum atomic E-state index is 0.325. The largest absolute Gasteiger partial charge is 0.396 e. The molecule has 0 saturated heterocycles. The van der Waals surface area contributed by atoms with E-state index in [1.165, 1.54) is 12.8 Å². The van der Waals surface area contributed by atoms with Crippen molar-refractivity contribution in [3.63, 3.8) is 0 Å². The second-order valence-electron chi connectivity index (χ2n) is 2.29. The molecule has 0 spiro atoms. The van der Waals surface area contributed by atoms with Crippen LogP contribution in [0.3, 0.4) is 0 Å². The van der Waals surface area contributed by atoms with Crippen LogP contribution in [0.4, 0.5) is 0 Å². The second-order valence-corrected chi connectivity index (χ2v) is 2.54. The molecular weight excluding hydrogens is 148 g/mol. The Bertz CT molecular complexity index is 81.3. The van der Waals surface area contributed by atoms with E-state index in [9.17, 15) is 0 Å². The molecule has 0 aromatic heterocycles. The first kappa shape index (κ1) is 9.99. The van der Waals surface area contributed by atoms with Gasteiger partial charge in [0.1, 0.15) is 0 Å². The van der Waals surface area contributed by atoms with Gasteiger partial charge in [0.25, 0.3) is 0 Å². The van der Waals surface area contributed by atoms with Crippen LogP contribution in [-0.4, -0.2) is 11.7 Å². The molecule has 10 heavy (non-hydrogen) atoms. The Balaban J connectivity index is 2.77. The highest BCUT2D eigenvalue weighted by molar-refractivity contribution is 6.25. The average Bonchev–Trinajstić information content (AvgIpc) is 1.97. The van der Waals surface area contributed by atoms with Gasteiger partial charge in [-0.1, -0.05) is 30.5 Å². The van der Waals surface area contributed by atoms with Gasteiger partial charge in [-0.15, -0.1) is 0 Å². The number of hydrogen-bond acceptors (Lipinski definition) is 1. The molecule has 1 nitrogen and oxygen atoms in total. The molecule has 0 saturated carbocycles. The standard InChI is InChI=1S/C8H15ClO/c9-7-5-3-1-2-4-6-8-10/h5,7,10H,1-4,6,8H2. The molecule has 2 heteroatoms. The van der Waals surface area contributed by atoms with Gasteiger partial charge in [0.15, 0.2) is 0 Å². The summed E-state index contributed by atoms with van der Waals surface area (Å²) in [5.41, 5.74) is 1.56. The van der Waals surface area contributed by atoms with Crippen molar-refractivity contribution in [3.8, 4) is 0 Å². The molecule has 0 aliphatic carbocycles. The lowest BCUT2D eigenvalue weighted by Crippen LogP contribution is -1.82. The normalized spacial score (nSPS) is 11.0. The van der Waals surface area contributed by atoms with Crippen molar-refractivity contribution in [1.29, 1.82) is 0 Å². The topological polar surface area (TPSA) is 20.2 Å². The fourth-order valence-corrected chi connectivity index (χ4v) is 0.917. The predicted molar refractivity (Wildman–Crippen MR) is 45.2 cm³/mol. The minimum Gasteiger partial charge on any atom is -0.396 e. The van der Waals surface area contributed by atoms with Gasteiger partial charge >= 0.3 is 0 Å². The first-order valence-electron chi connectivity index (χ1n) is 3.78. The van der Waals surface area contributed by atoms with E-state index in [2.05, 4.69) is 0 Å². The summed E-state index contributed by atoms with van der Waals surface area (Å²) in [4.78, 5) is 0. The van der Waals surface area contributed by atoms with E-state index in [0.29, 0.717) is 6.61 Å². The number of rotatable bonds is 6. The van der Waals surface area contributed by atoms with Crippen molar-refractivity contribution in [3.05, 3.63) is 11.6 Å². The Morgan fingerprint density at radius 3 is 2.40 bits per heavy atom. The molecule has 0 amide bonds. The summed E-state index contributed by atoms with van der Waals surface area (Å²) < 4.78 is 0. The zero-order chi connectivity index (χ0) is 7.66. The van der Waals surface area contributed by atoms with E-state index < -0.39 is 0 Å². The SMILES string of the molecule is OCCCCCCC=CCl. The molecule has 0 bridgehead atoms. The highest BCUT2D eigenvalue weighted by Crippen LogP contribution is 2.03. The van der Waals surface area contributed by atoms with Crippen LogP contribution in [-0.2, 0) is 0 Å². The summed E-state index contributed by atoms with van der Waals surface area (Å²) in [5, 5.41) is 8.43. The highest BCUT2D eigenvalue weighted by Gasteiger charge is 1.85.